The van der Waals surface area contributed by atoms with Crippen LogP contribution in [0.4, 0.5) is 11.5 Å². The van der Waals surface area contributed by atoms with Crippen LogP contribution < -0.4 is 10.6 Å². The van der Waals surface area contributed by atoms with Crippen LogP contribution in [0.1, 0.15) is 40.4 Å². The number of hydrogen-bond acceptors (Lipinski definition) is 6. The van der Waals surface area contributed by atoms with Crippen LogP contribution >= 0.6 is 0 Å². The molecule has 1 aromatic carbocycles. The zero-order valence-electron chi connectivity index (χ0n) is 16.9. The predicted octanol–water partition coefficient (Wildman–Crippen LogP) is 2.43. The first-order chi connectivity index (χ1) is 13.9. The second-order valence-corrected chi connectivity index (χ2v) is 6.38. The summed E-state index contributed by atoms with van der Waals surface area (Å²) >= 11 is 0. The number of nitrogens with two attached hydrogens (primary N) is 1. The van der Waals surface area contributed by atoms with Crippen molar-refractivity contribution in [3.05, 3.63) is 53.5 Å². The van der Waals surface area contributed by atoms with Gasteiger partial charge in [-0.15, -0.1) is 0 Å². The number of rotatable bonds is 6. The number of ether oxygens (including phenoxy) is 1. The van der Waals surface area contributed by atoms with Gasteiger partial charge in [-0.3, -0.25) is 14.4 Å². The molecule has 0 saturated heterocycles. The van der Waals surface area contributed by atoms with Gasteiger partial charge in [0.1, 0.15) is 11.3 Å². The van der Waals surface area contributed by atoms with Crippen molar-refractivity contribution in [1.29, 1.82) is 0 Å². The topological polar surface area (TPSA) is 108 Å². The van der Waals surface area contributed by atoms with Crippen molar-refractivity contribution < 1.29 is 14.3 Å². The van der Waals surface area contributed by atoms with Crippen molar-refractivity contribution in [2.45, 2.75) is 27.3 Å². The van der Waals surface area contributed by atoms with Crippen molar-refractivity contribution in [2.75, 3.05) is 24.3 Å². The Kier molecular flexibility index (Phi) is 5.67. The zero-order chi connectivity index (χ0) is 21.1. The van der Waals surface area contributed by atoms with E-state index in [1.807, 2.05) is 37.3 Å². The fourth-order valence-electron chi connectivity index (χ4n) is 3.08. The number of benzene rings is 1. The molecule has 0 aliphatic carbocycles. The van der Waals surface area contributed by atoms with E-state index in [0.717, 1.165) is 0 Å². The summed E-state index contributed by atoms with van der Waals surface area (Å²) in [5.41, 5.74) is 8.16. The fourth-order valence-corrected chi connectivity index (χ4v) is 3.08. The van der Waals surface area contributed by atoms with Crippen molar-refractivity contribution >= 4 is 23.4 Å². The number of nitrogens with zero attached hydrogens (tertiary/aromatic N) is 5. The smallest absolute Gasteiger partial charge is 0.343 e. The Balaban J connectivity index is 2.14. The van der Waals surface area contributed by atoms with Gasteiger partial charge in [0.05, 0.1) is 29.9 Å². The lowest BCUT2D eigenvalue weighted by Crippen LogP contribution is -2.32. The van der Waals surface area contributed by atoms with Crippen molar-refractivity contribution in [3.63, 3.8) is 0 Å². The van der Waals surface area contributed by atoms with Crippen LogP contribution in [-0.2, 0) is 11.3 Å². The summed E-state index contributed by atoms with van der Waals surface area (Å²) in [6.07, 6.45) is 1.40. The van der Waals surface area contributed by atoms with Gasteiger partial charge in [-0.25, -0.2) is 9.48 Å². The van der Waals surface area contributed by atoms with Gasteiger partial charge in [0.25, 0.3) is 5.91 Å². The summed E-state index contributed by atoms with van der Waals surface area (Å²) in [6.45, 7) is 6.03. The van der Waals surface area contributed by atoms with Crippen LogP contribution in [-0.4, -0.2) is 45.1 Å². The summed E-state index contributed by atoms with van der Waals surface area (Å²) in [7, 11) is 1.57. The van der Waals surface area contributed by atoms with Gasteiger partial charge < -0.3 is 10.5 Å². The number of para-hydroxylation sites is 1. The normalized spacial score (nSPS) is 10.8. The molecule has 2 N–H and O–H groups in total. The van der Waals surface area contributed by atoms with Crippen molar-refractivity contribution in [3.8, 4) is 5.69 Å². The number of hydrogen-bond donors (Lipinski definition) is 1. The highest BCUT2D eigenvalue weighted by Crippen LogP contribution is 2.27. The highest BCUT2D eigenvalue weighted by Gasteiger charge is 2.30. The summed E-state index contributed by atoms with van der Waals surface area (Å²) in [5, 5.41) is 8.64. The number of carbonyl (C=O) groups excluding carboxylic acids is 2. The van der Waals surface area contributed by atoms with Crippen LogP contribution in [0, 0.1) is 6.92 Å². The zero-order valence-corrected chi connectivity index (χ0v) is 16.9. The number of aryl methyl sites for hydroxylation is 2. The Bertz CT molecular complexity index is 1040. The van der Waals surface area contributed by atoms with E-state index in [2.05, 4.69) is 10.2 Å². The van der Waals surface area contributed by atoms with E-state index in [1.165, 1.54) is 15.8 Å². The van der Waals surface area contributed by atoms with Gasteiger partial charge in [0, 0.05) is 13.6 Å². The van der Waals surface area contributed by atoms with Gasteiger partial charge >= 0.3 is 5.97 Å². The molecule has 0 aliphatic rings. The number of carbonyl (C=O) groups is 2. The quantitative estimate of drug-likeness (QED) is 0.641. The summed E-state index contributed by atoms with van der Waals surface area (Å²) in [6, 6.07) is 9.23. The van der Waals surface area contributed by atoms with Crippen LogP contribution in [0.5, 0.6) is 0 Å². The van der Waals surface area contributed by atoms with E-state index in [0.29, 0.717) is 29.4 Å². The minimum absolute atomic E-state index is 0.185. The predicted molar refractivity (Wildman–Crippen MR) is 109 cm³/mol. The van der Waals surface area contributed by atoms with E-state index >= 15 is 0 Å². The first kappa shape index (κ1) is 20.1. The standard InChI is InChI=1S/C20H24N6O3/c1-5-25-17(16(21)13(3)23-25)19(27)24(4)18-15(20(28)29-6-2)12-22-26(18)14-10-8-7-9-11-14/h7-12H,5-6,21H2,1-4H3. The van der Waals surface area contributed by atoms with E-state index in [-0.39, 0.29) is 17.9 Å². The molecule has 0 aliphatic heterocycles. The Labute approximate surface area is 168 Å². The largest absolute Gasteiger partial charge is 0.462 e. The van der Waals surface area contributed by atoms with Gasteiger partial charge in [-0.2, -0.15) is 10.2 Å². The van der Waals surface area contributed by atoms with Crippen LogP contribution in [0.25, 0.3) is 5.69 Å². The molecular weight excluding hydrogens is 372 g/mol. The highest BCUT2D eigenvalue weighted by atomic mass is 16.5. The molecule has 3 aromatic rings. The maximum Gasteiger partial charge on any atom is 0.343 e. The third kappa shape index (κ3) is 3.58. The second-order valence-electron chi connectivity index (χ2n) is 6.38. The molecule has 0 bridgehead atoms. The third-order valence-electron chi connectivity index (χ3n) is 4.54. The van der Waals surface area contributed by atoms with E-state index in [4.69, 9.17) is 10.5 Å². The molecule has 0 spiro atoms. The molecular formula is C20H24N6O3. The van der Waals surface area contributed by atoms with Crippen LogP contribution in [0.15, 0.2) is 36.5 Å². The lowest BCUT2D eigenvalue weighted by atomic mass is 10.2. The molecule has 0 radical (unpaired) electrons. The number of aromatic nitrogens is 4. The van der Waals surface area contributed by atoms with E-state index in [9.17, 15) is 9.59 Å². The summed E-state index contributed by atoms with van der Waals surface area (Å²) in [4.78, 5) is 27.2. The fraction of sp³-hybridized carbons (Fsp3) is 0.300. The molecule has 0 saturated carbocycles. The van der Waals surface area contributed by atoms with E-state index < -0.39 is 11.9 Å². The molecule has 0 unspecified atom stereocenters. The van der Waals surface area contributed by atoms with Gasteiger partial charge in [0.15, 0.2) is 5.82 Å². The highest BCUT2D eigenvalue weighted by molar-refractivity contribution is 6.10. The number of anilines is 2. The lowest BCUT2D eigenvalue weighted by molar-refractivity contribution is 0.0527. The van der Waals surface area contributed by atoms with Gasteiger partial charge in [-0.05, 0) is 32.9 Å². The molecule has 3 rings (SSSR count). The summed E-state index contributed by atoms with van der Waals surface area (Å²) in [5.74, 6) is -0.661. The Morgan fingerprint density at radius 2 is 1.90 bits per heavy atom. The number of nitrogen functional groups attached to an aromatic ring is 1. The van der Waals surface area contributed by atoms with Crippen LogP contribution in [0.3, 0.4) is 0 Å². The van der Waals surface area contributed by atoms with Gasteiger partial charge in [-0.1, -0.05) is 18.2 Å². The molecule has 29 heavy (non-hydrogen) atoms. The maximum absolute atomic E-state index is 13.4. The monoisotopic (exact) mass is 396 g/mol. The molecule has 1 amide bonds. The molecule has 0 fully saturated rings. The average Bonchev–Trinajstić information content (AvgIpc) is 3.29. The number of esters is 1. The maximum atomic E-state index is 13.4. The second kappa shape index (κ2) is 8.17. The Morgan fingerprint density at radius 1 is 1.21 bits per heavy atom. The number of amides is 1. The van der Waals surface area contributed by atoms with E-state index in [1.54, 1.807) is 25.6 Å². The first-order valence-electron chi connectivity index (χ1n) is 9.32. The minimum Gasteiger partial charge on any atom is -0.462 e. The molecule has 0 atom stereocenters. The molecule has 152 valence electrons. The third-order valence-corrected chi connectivity index (χ3v) is 4.54. The average molecular weight is 396 g/mol. The SMILES string of the molecule is CCOC(=O)c1cnn(-c2ccccc2)c1N(C)C(=O)c1c(N)c(C)nn1CC. The molecule has 9 nitrogen and oxygen atoms in total. The summed E-state index contributed by atoms with van der Waals surface area (Å²) < 4.78 is 8.23. The van der Waals surface area contributed by atoms with Crippen molar-refractivity contribution in [1.82, 2.24) is 19.6 Å². The van der Waals surface area contributed by atoms with Crippen molar-refractivity contribution in [2.24, 2.45) is 0 Å². The lowest BCUT2D eigenvalue weighted by Gasteiger charge is -2.21. The van der Waals surface area contributed by atoms with Crippen LogP contribution in [0.2, 0.25) is 0 Å². The molecule has 2 heterocycles. The van der Waals surface area contributed by atoms with Gasteiger partial charge in [0.2, 0.25) is 0 Å². The molecule has 2 aromatic heterocycles. The Hall–Kier alpha value is -3.62. The first-order valence-corrected chi connectivity index (χ1v) is 9.32. The molecule has 9 heteroatoms. The minimum atomic E-state index is -0.558. The Morgan fingerprint density at radius 3 is 2.52 bits per heavy atom.